The molecule has 4 rings (SSSR count). The Morgan fingerprint density at radius 2 is 1.71 bits per heavy atom. The monoisotopic (exact) mass is 450 g/mol. The molecule has 0 spiro atoms. The lowest BCUT2D eigenvalue weighted by molar-refractivity contribution is -0.112. The summed E-state index contributed by atoms with van der Waals surface area (Å²) in [6, 6.07) is 25.1. The highest BCUT2D eigenvalue weighted by Gasteiger charge is 2.14. The van der Waals surface area contributed by atoms with Crippen molar-refractivity contribution in [3.8, 4) is 11.8 Å². The molecule has 0 aliphatic carbocycles. The van der Waals surface area contributed by atoms with Crippen LogP contribution in [0.2, 0.25) is 0 Å². The second-order valence-corrected chi connectivity index (χ2v) is 8.11. The highest BCUT2D eigenvalue weighted by atomic mass is 19.1. The fraction of sp³-hybridized carbons (Fsp3) is 0.103. The third-order valence-electron chi connectivity index (χ3n) is 5.36. The van der Waals surface area contributed by atoms with Gasteiger partial charge in [0.1, 0.15) is 29.8 Å². The van der Waals surface area contributed by atoms with Crippen molar-refractivity contribution in [1.82, 2.24) is 0 Å². The van der Waals surface area contributed by atoms with Crippen LogP contribution in [0.1, 0.15) is 22.3 Å². The lowest BCUT2D eigenvalue weighted by Gasteiger charge is -2.13. The number of hydrogen-bond acceptors (Lipinski definition) is 3. The second-order valence-electron chi connectivity index (χ2n) is 8.11. The number of nitrogens with one attached hydrogen (secondary N) is 1. The van der Waals surface area contributed by atoms with Crippen molar-refractivity contribution in [2.24, 2.45) is 0 Å². The minimum absolute atomic E-state index is 0.0862. The Kier molecular flexibility index (Phi) is 6.70. The fourth-order valence-corrected chi connectivity index (χ4v) is 3.89. The molecule has 0 radical (unpaired) electrons. The van der Waals surface area contributed by atoms with Crippen LogP contribution in [0.3, 0.4) is 0 Å². The lowest BCUT2D eigenvalue weighted by atomic mass is 10.0. The molecular weight excluding hydrogens is 427 g/mol. The van der Waals surface area contributed by atoms with Gasteiger partial charge in [0.15, 0.2) is 0 Å². The standard InChI is InChI=1S/C29H23FN2O2/c1-19-13-20(2)15-21(14-19)18-34-28-12-7-22-5-3-4-6-26(22)27(28)16-23(17-31)29(33)32-25-10-8-24(30)9-11-25/h3-16H,18H2,1-2H3,(H,32,33)/b23-16+. The number of aryl methyl sites for hydroxylation is 2. The third kappa shape index (κ3) is 5.31. The van der Waals surface area contributed by atoms with Crippen molar-refractivity contribution in [3.63, 3.8) is 0 Å². The molecule has 0 aliphatic rings. The number of nitrogens with zero attached hydrogens (tertiary/aromatic N) is 1. The predicted octanol–water partition coefficient (Wildman–Crippen LogP) is 6.72. The van der Waals surface area contributed by atoms with Crippen LogP contribution >= 0.6 is 0 Å². The van der Waals surface area contributed by atoms with Crippen LogP contribution < -0.4 is 10.1 Å². The average Bonchev–Trinajstić information content (AvgIpc) is 2.82. The van der Waals surface area contributed by atoms with Crippen LogP contribution in [-0.4, -0.2) is 5.91 Å². The first-order valence-corrected chi connectivity index (χ1v) is 10.8. The van der Waals surface area contributed by atoms with E-state index in [1.54, 1.807) is 0 Å². The number of amides is 1. The van der Waals surface area contributed by atoms with Crippen LogP contribution in [-0.2, 0) is 11.4 Å². The Balaban J connectivity index is 1.70. The van der Waals surface area contributed by atoms with Gasteiger partial charge < -0.3 is 10.1 Å². The number of nitriles is 1. The highest BCUT2D eigenvalue weighted by Crippen LogP contribution is 2.31. The highest BCUT2D eigenvalue weighted by molar-refractivity contribution is 6.11. The molecule has 4 nitrogen and oxygen atoms in total. The smallest absolute Gasteiger partial charge is 0.266 e. The van der Waals surface area contributed by atoms with Gasteiger partial charge in [0.2, 0.25) is 0 Å². The van der Waals surface area contributed by atoms with Gasteiger partial charge in [0.05, 0.1) is 0 Å². The molecule has 0 bridgehead atoms. The maximum Gasteiger partial charge on any atom is 0.266 e. The number of anilines is 1. The molecule has 0 unspecified atom stereocenters. The van der Waals surface area contributed by atoms with Crippen molar-refractivity contribution < 1.29 is 13.9 Å². The minimum Gasteiger partial charge on any atom is -0.488 e. The number of benzene rings is 4. The Labute approximate surface area is 197 Å². The summed E-state index contributed by atoms with van der Waals surface area (Å²) in [5.74, 6) is -0.419. The molecule has 0 saturated heterocycles. The Bertz CT molecular complexity index is 1410. The fourth-order valence-electron chi connectivity index (χ4n) is 3.89. The predicted molar refractivity (Wildman–Crippen MR) is 133 cm³/mol. The van der Waals surface area contributed by atoms with E-state index < -0.39 is 11.7 Å². The van der Waals surface area contributed by atoms with Crippen LogP contribution in [0.25, 0.3) is 16.8 Å². The van der Waals surface area contributed by atoms with E-state index in [9.17, 15) is 14.4 Å². The number of fused-ring (bicyclic) bond motifs is 1. The third-order valence-corrected chi connectivity index (χ3v) is 5.36. The van der Waals surface area contributed by atoms with Gasteiger partial charge in [0, 0.05) is 11.3 Å². The summed E-state index contributed by atoms with van der Waals surface area (Å²) in [4.78, 5) is 12.8. The van der Waals surface area contributed by atoms with Crippen LogP contribution in [0, 0.1) is 31.0 Å². The Hall–Kier alpha value is -4.43. The first-order valence-electron chi connectivity index (χ1n) is 10.8. The summed E-state index contributed by atoms with van der Waals surface area (Å²) >= 11 is 0. The van der Waals surface area contributed by atoms with Gasteiger partial charge in [-0.1, -0.05) is 59.7 Å². The molecule has 0 saturated carbocycles. The Morgan fingerprint density at radius 1 is 1.00 bits per heavy atom. The average molecular weight is 451 g/mol. The van der Waals surface area contributed by atoms with E-state index in [0.717, 1.165) is 27.5 Å². The van der Waals surface area contributed by atoms with Crippen LogP contribution in [0.4, 0.5) is 10.1 Å². The maximum absolute atomic E-state index is 13.2. The zero-order chi connectivity index (χ0) is 24.1. The molecule has 0 aliphatic heterocycles. The minimum atomic E-state index is -0.581. The van der Waals surface area contributed by atoms with E-state index in [1.807, 2.05) is 56.3 Å². The quantitative estimate of drug-likeness (QED) is 0.262. The number of rotatable bonds is 6. The van der Waals surface area contributed by atoms with E-state index in [2.05, 4.69) is 23.5 Å². The summed E-state index contributed by atoms with van der Waals surface area (Å²) in [5.41, 5.74) is 4.31. The van der Waals surface area contributed by atoms with Crippen molar-refractivity contribution in [1.29, 1.82) is 5.26 Å². The van der Waals surface area contributed by atoms with Crippen LogP contribution in [0.15, 0.2) is 84.4 Å². The molecule has 0 atom stereocenters. The molecule has 168 valence electrons. The second kappa shape index (κ2) is 10.0. The zero-order valence-electron chi connectivity index (χ0n) is 18.9. The maximum atomic E-state index is 13.2. The first-order chi connectivity index (χ1) is 16.4. The number of halogens is 1. The molecular formula is C29H23FN2O2. The van der Waals surface area contributed by atoms with Gasteiger partial charge in [0.25, 0.3) is 5.91 Å². The normalized spacial score (nSPS) is 11.2. The van der Waals surface area contributed by atoms with Crippen molar-refractivity contribution in [2.45, 2.75) is 20.5 Å². The summed E-state index contributed by atoms with van der Waals surface area (Å²) in [5, 5.41) is 14.2. The van der Waals surface area contributed by atoms with Crippen molar-refractivity contribution >= 4 is 28.4 Å². The number of carbonyl (C=O) groups excluding carboxylic acids is 1. The lowest BCUT2D eigenvalue weighted by Crippen LogP contribution is -2.13. The zero-order valence-corrected chi connectivity index (χ0v) is 18.9. The number of ether oxygens (including phenoxy) is 1. The van der Waals surface area contributed by atoms with E-state index in [1.165, 1.54) is 30.3 Å². The van der Waals surface area contributed by atoms with Crippen LogP contribution in [0.5, 0.6) is 5.75 Å². The van der Waals surface area contributed by atoms with Gasteiger partial charge >= 0.3 is 0 Å². The molecule has 0 aromatic heterocycles. The summed E-state index contributed by atoms with van der Waals surface area (Å²) < 4.78 is 19.3. The van der Waals surface area contributed by atoms with Gasteiger partial charge in [-0.25, -0.2) is 4.39 Å². The summed E-state index contributed by atoms with van der Waals surface area (Å²) in [6.45, 7) is 4.44. The van der Waals surface area contributed by atoms with Crippen molar-refractivity contribution in [2.75, 3.05) is 5.32 Å². The molecule has 1 N–H and O–H groups in total. The molecule has 0 heterocycles. The largest absolute Gasteiger partial charge is 0.488 e. The molecule has 5 heteroatoms. The van der Waals surface area contributed by atoms with Gasteiger partial charge in [-0.2, -0.15) is 5.26 Å². The van der Waals surface area contributed by atoms with E-state index in [0.29, 0.717) is 23.6 Å². The SMILES string of the molecule is Cc1cc(C)cc(COc2ccc3ccccc3c2/C=C(\C#N)C(=O)Nc2ccc(F)cc2)c1. The van der Waals surface area contributed by atoms with Gasteiger partial charge in [-0.15, -0.1) is 0 Å². The summed E-state index contributed by atoms with van der Waals surface area (Å²) in [6.07, 6.45) is 1.54. The van der Waals surface area contributed by atoms with Crippen molar-refractivity contribution in [3.05, 3.63) is 113 Å². The molecule has 34 heavy (non-hydrogen) atoms. The van der Waals surface area contributed by atoms with Gasteiger partial charge in [-0.3, -0.25) is 4.79 Å². The van der Waals surface area contributed by atoms with Gasteiger partial charge in [-0.05, 0) is 66.6 Å². The molecule has 1 amide bonds. The number of carbonyl (C=O) groups is 1. The van der Waals surface area contributed by atoms with E-state index >= 15 is 0 Å². The first kappa shape index (κ1) is 22.8. The molecule has 4 aromatic carbocycles. The number of hydrogen-bond donors (Lipinski definition) is 1. The van der Waals surface area contributed by atoms with E-state index in [4.69, 9.17) is 4.74 Å². The summed E-state index contributed by atoms with van der Waals surface area (Å²) in [7, 11) is 0. The topological polar surface area (TPSA) is 62.1 Å². The Morgan fingerprint density at radius 3 is 2.41 bits per heavy atom. The molecule has 0 fully saturated rings. The van der Waals surface area contributed by atoms with E-state index in [-0.39, 0.29) is 5.57 Å². The molecule has 4 aromatic rings.